The molecule has 0 aliphatic rings. The molecule has 194 valence electrons. The maximum Gasteiger partial charge on any atom is 0.329 e. The van der Waals surface area contributed by atoms with E-state index in [9.17, 15) is 9.59 Å². The second-order valence-corrected chi connectivity index (χ2v) is 8.55. The summed E-state index contributed by atoms with van der Waals surface area (Å²) in [4.78, 5) is 24.3. The molecule has 37 heavy (non-hydrogen) atoms. The number of hydrazone groups is 1. The van der Waals surface area contributed by atoms with Gasteiger partial charge in [-0.05, 0) is 73.0 Å². The molecule has 0 atom stereocenters. The van der Waals surface area contributed by atoms with Crippen molar-refractivity contribution in [3.8, 4) is 17.2 Å². The number of benzene rings is 3. The summed E-state index contributed by atoms with van der Waals surface area (Å²) in [5.41, 5.74) is 4.10. The van der Waals surface area contributed by atoms with Crippen LogP contribution in [-0.4, -0.2) is 31.2 Å². The quantitative estimate of drug-likeness (QED) is 0.179. The van der Waals surface area contributed by atoms with Gasteiger partial charge in [-0.25, -0.2) is 5.43 Å². The van der Waals surface area contributed by atoms with Crippen LogP contribution in [0.1, 0.15) is 31.4 Å². The third-order valence-corrected chi connectivity index (χ3v) is 5.33. The van der Waals surface area contributed by atoms with E-state index in [4.69, 9.17) is 37.4 Å². The number of nitrogens with zero attached hydrogens (tertiary/aromatic N) is 1. The standard InChI is InChI=1S/C27H27Cl2N3O5/c1-3-13-36-22-11-9-21(10-12-22)31-26(33)27(34)32-30-16-19-14-23(29)25(24(15-19)35-4-2)37-17-18-5-7-20(28)8-6-18/h5-12,14-16H,3-4,13,17H2,1-2H3,(H,31,33)(H,32,34)/b30-16-. The van der Waals surface area contributed by atoms with Gasteiger partial charge in [-0.2, -0.15) is 5.10 Å². The Balaban J connectivity index is 1.59. The van der Waals surface area contributed by atoms with Crippen molar-refractivity contribution in [2.24, 2.45) is 5.10 Å². The Bertz CT molecular complexity index is 1230. The van der Waals surface area contributed by atoms with E-state index in [1.54, 1.807) is 48.5 Å². The van der Waals surface area contributed by atoms with Crippen LogP contribution in [-0.2, 0) is 16.2 Å². The van der Waals surface area contributed by atoms with Crippen LogP contribution in [0, 0.1) is 0 Å². The fourth-order valence-corrected chi connectivity index (χ4v) is 3.46. The third-order valence-electron chi connectivity index (χ3n) is 4.80. The Morgan fingerprint density at radius 3 is 2.32 bits per heavy atom. The molecule has 0 aromatic heterocycles. The number of anilines is 1. The highest BCUT2D eigenvalue weighted by Crippen LogP contribution is 2.37. The Morgan fingerprint density at radius 1 is 0.919 bits per heavy atom. The molecule has 3 aromatic carbocycles. The van der Waals surface area contributed by atoms with Gasteiger partial charge >= 0.3 is 11.8 Å². The van der Waals surface area contributed by atoms with Gasteiger partial charge in [-0.15, -0.1) is 0 Å². The Labute approximate surface area is 225 Å². The lowest BCUT2D eigenvalue weighted by Crippen LogP contribution is -2.32. The van der Waals surface area contributed by atoms with Gasteiger partial charge in [0.1, 0.15) is 12.4 Å². The van der Waals surface area contributed by atoms with E-state index in [1.165, 1.54) is 6.21 Å². The maximum atomic E-state index is 12.2. The molecule has 2 amide bonds. The van der Waals surface area contributed by atoms with Crippen LogP contribution in [0.2, 0.25) is 10.0 Å². The van der Waals surface area contributed by atoms with E-state index in [2.05, 4.69) is 15.8 Å². The first-order valence-corrected chi connectivity index (χ1v) is 12.4. The molecule has 10 heteroatoms. The molecule has 8 nitrogen and oxygen atoms in total. The minimum Gasteiger partial charge on any atom is -0.494 e. The van der Waals surface area contributed by atoms with Crippen LogP contribution < -0.4 is 25.0 Å². The largest absolute Gasteiger partial charge is 0.494 e. The highest BCUT2D eigenvalue weighted by atomic mass is 35.5. The van der Waals surface area contributed by atoms with Gasteiger partial charge in [0.15, 0.2) is 11.5 Å². The van der Waals surface area contributed by atoms with Gasteiger partial charge < -0.3 is 19.5 Å². The molecule has 0 aliphatic heterocycles. The molecular weight excluding hydrogens is 517 g/mol. The zero-order valence-corrected chi connectivity index (χ0v) is 21.9. The predicted octanol–water partition coefficient (Wildman–Crippen LogP) is 5.85. The van der Waals surface area contributed by atoms with Gasteiger partial charge in [-0.1, -0.05) is 42.3 Å². The van der Waals surface area contributed by atoms with Crippen LogP contribution in [0.4, 0.5) is 5.69 Å². The van der Waals surface area contributed by atoms with Crippen molar-refractivity contribution in [3.05, 3.63) is 81.8 Å². The van der Waals surface area contributed by atoms with Gasteiger partial charge in [0.2, 0.25) is 0 Å². The van der Waals surface area contributed by atoms with E-state index >= 15 is 0 Å². The Hall–Kier alpha value is -3.75. The van der Waals surface area contributed by atoms with Crippen LogP contribution in [0.3, 0.4) is 0 Å². The number of halogens is 2. The lowest BCUT2D eigenvalue weighted by Gasteiger charge is -2.14. The lowest BCUT2D eigenvalue weighted by molar-refractivity contribution is -0.136. The van der Waals surface area contributed by atoms with Crippen LogP contribution >= 0.6 is 23.2 Å². The van der Waals surface area contributed by atoms with Crippen LogP contribution in [0.15, 0.2) is 65.8 Å². The smallest absolute Gasteiger partial charge is 0.329 e. The average molecular weight is 544 g/mol. The SMILES string of the molecule is CCCOc1ccc(NC(=O)C(=O)N/N=C\c2cc(Cl)c(OCc3ccc(Cl)cc3)c(OCC)c2)cc1. The second-order valence-electron chi connectivity index (χ2n) is 7.70. The summed E-state index contributed by atoms with van der Waals surface area (Å²) < 4.78 is 17.1. The molecule has 0 heterocycles. The van der Waals surface area contributed by atoms with E-state index < -0.39 is 11.8 Å². The van der Waals surface area contributed by atoms with Crippen LogP contribution in [0.5, 0.6) is 17.2 Å². The number of hydrogen-bond acceptors (Lipinski definition) is 6. The van der Waals surface area contributed by atoms with E-state index in [0.29, 0.717) is 51.8 Å². The normalized spacial score (nSPS) is 10.7. The number of carbonyl (C=O) groups excluding carboxylic acids is 2. The van der Waals surface area contributed by atoms with Crippen molar-refractivity contribution in [1.82, 2.24) is 5.43 Å². The monoisotopic (exact) mass is 543 g/mol. The van der Waals surface area contributed by atoms with E-state index in [-0.39, 0.29) is 6.61 Å². The van der Waals surface area contributed by atoms with Gasteiger partial charge in [-0.3, -0.25) is 9.59 Å². The summed E-state index contributed by atoms with van der Waals surface area (Å²) in [7, 11) is 0. The fraction of sp³-hybridized carbons (Fsp3) is 0.222. The zero-order valence-electron chi connectivity index (χ0n) is 20.4. The molecule has 0 saturated heterocycles. The number of nitrogens with one attached hydrogen (secondary N) is 2. The molecule has 0 bridgehead atoms. The first-order chi connectivity index (χ1) is 17.9. The molecule has 0 fully saturated rings. The molecular formula is C27H27Cl2N3O5. The number of hydrogen-bond donors (Lipinski definition) is 2. The minimum absolute atomic E-state index is 0.268. The summed E-state index contributed by atoms with van der Waals surface area (Å²) >= 11 is 12.4. The number of amides is 2. The van der Waals surface area contributed by atoms with Crippen molar-refractivity contribution < 1.29 is 23.8 Å². The Morgan fingerprint density at radius 2 is 1.65 bits per heavy atom. The minimum atomic E-state index is -0.929. The van der Waals surface area contributed by atoms with Gasteiger partial charge in [0.25, 0.3) is 0 Å². The highest BCUT2D eigenvalue weighted by molar-refractivity contribution is 6.39. The highest BCUT2D eigenvalue weighted by Gasteiger charge is 2.14. The third kappa shape index (κ3) is 8.70. The Kier molecular flexibility index (Phi) is 10.6. The first-order valence-electron chi connectivity index (χ1n) is 11.6. The maximum absolute atomic E-state index is 12.2. The summed E-state index contributed by atoms with van der Waals surface area (Å²) in [5.74, 6) is -0.314. The molecule has 3 aromatic rings. The summed E-state index contributed by atoms with van der Waals surface area (Å²) in [5, 5.41) is 7.29. The summed E-state index contributed by atoms with van der Waals surface area (Å²) in [6, 6.07) is 17.3. The van der Waals surface area contributed by atoms with Crippen molar-refractivity contribution >= 4 is 46.9 Å². The second kappa shape index (κ2) is 14.1. The molecule has 0 radical (unpaired) electrons. The van der Waals surface area contributed by atoms with Crippen LogP contribution in [0.25, 0.3) is 0 Å². The fourth-order valence-electron chi connectivity index (χ4n) is 3.06. The number of ether oxygens (including phenoxy) is 3. The average Bonchev–Trinajstić information content (AvgIpc) is 2.89. The zero-order chi connectivity index (χ0) is 26.6. The molecule has 0 spiro atoms. The number of carbonyl (C=O) groups is 2. The van der Waals surface area contributed by atoms with Gasteiger partial charge in [0.05, 0.1) is 24.5 Å². The van der Waals surface area contributed by atoms with E-state index in [0.717, 1.165) is 12.0 Å². The molecule has 2 N–H and O–H groups in total. The van der Waals surface area contributed by atoms with Crippen molar-refractivity contribution in [2.45, 2.75) is 26.9 Å². The number of rotatable bonds is 11. The molecule has 0 saturated carbocycles. The van der Waals surface area contributed by atoms with Crippen molar-refractivity contribution in [2.75, 3.05) is 18.5 Å². The van der Waals surface area contributed by atoms with Crippen molar-refractivity contribution in [3.63, 3.8) is 0 Å². The lowest BCUT2D eigenvalue weighted by atomic mass is 10.2. The van der Waals surface area contributed by atoms with E-state index in [1.807, 2.05) is 26.0 Å². The van der Waals surface area contributed by atoms with Gasteiger partial charge in [0, 0.05) is 10.7 Å². The molecule has 3 rings (SSSR count). The summed E-state index contributed by atoms with van der Waals surface area (Å²) in [6.45, 7) is 5.10. The first kappa shape index (κ1) is 27.8. The van der Waals surface area contributed by atoms with Crippen molar-refractivity contribution in [1.29, 1.82) is 0 Å². The predicted molar refractivity (Wildman–Crippen MR) is 145 cm³/mol. The molecule has 0 unspecified atom stereocenters. The molecule has 0 aliphatic carbocycles. The summed E-state index contributed by atoms with van der Waals surface area (Å²) in [6.07, 6.45) is 2.24. The topological polar surface area (TPSA) is 98.2 Å².